The maximum absolute atomic E-state index is 12.5. The standard InChI is InChI=1S/C19H28N2O3/c1-3-11-21(17-9-10-20-14-17)19(23)8-5-12-24-18-7-4-6-16(13-18)15(2)22/h4,6-7,13,17,20H,3,5,8-12,14H2,1-2H3. The predicted molar refractivity (Wildman–Crippen MR) is 94.5 cm³/mol. The van der Waals surface area contributed by atoms with Crippen molar-refractivity contribution in [1.82, 2.24) is 10.2 Å². The van der Waals surface area contributed by atoms with Crippen LogP contribution in [0.1, 0.15) is 49.9 Å². The zero-order valence-corrected chi connectivity index (χ0v) is 14.7. The summed E-state index contributed by atoms with van der Waals surface area (Å²) in [5, 5.41) is 3.32. The van der Waals surface area contributed by atoms with Crippen LogP contribution < -0.4 is 10.1 Å². The third-order valence-electron chi connectivity index (χ3n) is 4.30. The Balaban J connectivity index is 1.77. The van der Waals surface area contributed by atoms with Crippen LogP contribution in [0, 0.1) is 0 Å². The first-order valence-corrected chi connectivity index (χ1v) is 8.85. The van der Waals surface area contributed by atoms with Crippen molar-refractivity contribution in [3.63, 3.8) is 0 Å². The van der Waals surface area contributed by atoms with Crippen molar-refractivity contribution in [1.29, 1.82) is 0 Å². The van der Waals surface area contributed by atoms with Gasteiger partial charge >= 0.3 is 0 Å². The summed E-state index contributed by atoms with van der Waals surface area (Å²) in [4.78, 5) is 25.9. The Morgan fingerprint density at radius 3 is 2.88 bits per heavy atom. The van der Waals surface area contributed by atoms with E-state index in [1.807, 2.05) is 17.0 Å². The van der Waals surface area contributed by atoms with Gasteiger partial charge in [-0.15, -0.1) is 0 Å². The number of hydrogen-bond donors (Lipinski definition) is 1. The Labute approximate surface area is 144 Å². The Bertz CT molecular complexity index is 553. The zero-order chi connectivity index (χ0) is 17.4. The molecule has 5 heteroatoms. The minimum absolute atomic E-state index is 0.0241. The molecular weight excluding hydrogens is 304 g/mol. The van der Waals surface area contributed by atoms with Gasteiger partial charge in [-0.25, -0.2) is 0 Å². The number of ether oxygens (including phenoxy) is 1. The summed E-state index contributed by atoms with van der Waals surface area (Å²) in [6.45, 7) is 6.85. The second-order valence-electron chi connectivity index (χ2n) is 6.27. The molecule has 1 atom stereocenters. The topological polar surface area (TPSA) is 58.6 Å². The molecule has 1 heterocycles. The zero-order valence-electron chi connectivity index (χ0n) is 14.7. The van der Waals surface area contributed by atoms with Crippen molar-refractivity contribution in [2.24, 2.45) is 0 Å². The summed E-state index contributed by atoms with van der Waals surface area (Å²) in [6.07, 6.45) is 3.21. The second kappa shape index (κ2) is 9.42. The van der Waals surface area contributed by atoms with E-state index in [1.165, 1.54) is 6.92 Å². The first-order chi connectivity index (χ1) is 11.6. The SMILES string of the molecule is CCCN(C(=O)CCCOc1cccc(C(C)=O)c1)C1CCNC1. The maximum atomic E-state index is 12.5. The number of Topliss-reactive ketones (excluding diaryl/α,β-unsaturated/α-hetero) is 1. The fourth-order valence-electron chi connectivity index (χ4n) is 3.02. The second-order valence-corrected chi connectivity index (χ2v) is 6.27. The number of rotatable bonds is 9. The van der Waals surface area contributed by atoms with Crippen LogP contribution in [0.2, 0.25) is 0 Å². The van der Waals surface area contributed by atoms with Crippen LogP contribution in [0.25, 0.3) is 0 Å². The summed E-state index contributed by atoms with van der Waals surface area (Å²) in [6, 6.07) is 7.51. The molecule has 1 unspecified atom stereocenters. The molecule has 1 fully saturated rings. The van der Waals surface area contributed by atoms with Gasteiger partial charge in [-0.2, -0.15) is 0 Å². The lowest BCUT2D eigenvalue weighted by Gasteiger charge is -2.28. The fourth-order valence-corrected chi connectivity index (χ4v) is 3.02. The van der Waals surface area contributed by atoms with Gasteiger partial charge in [-0.05, 0) is 44.9 Å². The van der Waals surface area contributed by atoms with Gasteiger partial charge in [0, 0.05) is 31.1 Å². The molecule has 132 valence electrons. The number of amides is 1. The molecule has 1 aromatic rings. The van der Waals surface area contributed by atoms with Crippen LogP contribution in [-0.4, -0.2) is 48.9 Å². The molecule has 1 aliphatic rings. The van der Waals surface area contributed by atoms with Crippen molar-refractivity contribution in [3.05, 3.63) is 29.8 Å². The van der Waals surface area contributed by atoms with E-state index < -0.39 is 0 Å². The van der Waals surface area contributed by atoms with E-state index in [9.17, 15) is 9.59 Å². The molecule has 0 radical (unpaired) electrons. The molecule has 0 spiro atoms. The minimum Gasteiger partial charge on any atom is -0.494 e. The highest BCUT2D eigenvalue weighted by Crippen LogP contribution is 2.15. The Morgan fingerprint density at radius 2 is 2.21 bits per heavy atom. The van der Waals surface area contributed by atoms with Crippen molar-refractivity contribution in [3.8, 4) is 5.75 Å². The Morgan fingerprint density at radius 1 is 1.38 bits per heavy atom. The largest absolute Gasteiger partial charge is 0.494 e. The van der Waals surface area contributed by atoms with Crippen molar-refractivity contribution in [2.75, 3.05) is 26.2 Å². The smallest absolute Gasteiger partial charge is 0.222 e. The van der Waals surface area contributed by atoms with Crippen molar-refractivity contribution >= 4 is 11.7 Å². The molecule has 1 amide bonds. The molecule has 1 aromatic carbocycles. The Hall–Kier alpha value is -1.88. The average Bonchev–Trinajstić information content (AvgIpc) is 3.10. The first-order valence-electron chi connectivity index (χ1n) is 8.85. The van der Waals surface area contributed by atoms with Gasteiger partial charge in [0.1, 0.15) is 5.75 Å². The van der Waals surface area contributed by atoms with Crippen LogP contribution in [0.15, 0.2) is 24.3 Å². The summed E-state index contributed by atoms with van der Waals surface area (Å²) >= 11 is 0. The Kier molecular flexibility index (Phi) is 7.25. The van der Waals surface area contributed by atoms with Gasteiger partial charge in [-0.3, -0.25) is 9.59 Å². The van der Waals surface area contributed by atoms with E-state index in [-0.39, 0.29) is 11.7 Å². The molecule has 1 aliphatic heterocycles. The number of nitrogens with one attached hydrogen (secondary N) is 1. The highest BCUT2D eigenvalue weighted by Gasteiger charge is 2.25. The third-order valence-corrected chi connectivity index (χ3v) is 4.30. The minimum atomic E-state index is 0.0241. The van der Waals surface area contributed by atoms with Gasteiger partial charge in [0.15, 0.2) is 5.78 Å². The van der Waals surface area contributed by atoms with Gasteiger partial charge in [-0.1, -0.05) is 19.1 Å². The van der Waals surface area contributed by atoms with Gasteiger partial charge < -0.3 is 15.0 Å². The summed E-state index contributed by atoms with van der Waals surface area (Å²) < 4.78 is 5.68. The molecule has 5 nitrogen and oxygen atoms in total. The van der Waals surface area contributed by atoms with E-state index >= 15 is 0 Å². The molecule has 24 heavy (non-hydrogen) atoms. The first kappa shape index (κ1) is 18.5. The number of benzene rings is 1. The summed E-state index contributed by atoms with van der Waals surface area (Å²) in [5.74, 6) is 0.920. The van der Waals surface area contributed by atoms with Crippen LogP contribution in [0.5, 0.6) is 5.75 Å². The molecule has 1 saturated heterocycles. The van der Waals surface area contributed by atoms with Gasteiger partial charge in [0.05, 0.1) is 6.61 Å². The fraction of sp³-hybridized carbons (Fsp3) is 0.579. The monoisotopic (exact) mass is 332 g/mol. The van der Waals surface area contributed by atoms with Crippen LogP contribution in [-0.2, 0) is 4.79 Å². The average molecular weight is 332 g/mol. The summed E-state index contributed by atoms with van der Waals surface area (Å²) in [7, 11) is 0. The quantitative estimate of drug-likeness (QED) is 0.558. The van der Waals surface area contributed by atoms with Gasteiger partial charge in [0.25, 0.3) is 0 Å². The third kappa shape index (κ3) is 5.34. The normalized spacial score (nSPS) is 16.8. The summed E-state index contributed by atoms with van der Waals surface area (Å²) in [5.41, 5.74) is 0.645. The van der Waals surface area contributed by atoms with Crippen molar-refractivity contribution < 1.29 is 14.3 Å². The van der Waals surface area contributed by atoms with E-state index in [0.717, 1.165) is 32.5 Å². The van der Waals surface area contributed by atoms with E-state index in [2.05, 4.69) is 12.2 Å². The number of carbonyl (C=O) groups excluding carboxylic acids is 2. The van der Waals surface area contributed by atoms with Crippen LogP contribution in [0.4, 0.5) is 0 Å². The molecule has 0 aromatic heterocycles. The highest BCUT2D eigenvalue weighted by molar-refractivity contribution is 5.94. The molecule has 0 bridgehead atoms. The molecular formula is C19H28N2O3. The van der Waals surface area contributed by atoms with E-state index in [4.69, 9.17) is 4.74 Å². The number of nitrogens with zero attached hydrogens (tertiary/aromatic N) is 1. The number of hydrogen-bond acceptors (Lipinski definition) is 4. The lowest BCUT2D eigenvalue weighted by molar-refractivity contribution is -0.133. The highest BCUT2D eigenvalue weighted by atomic mass is 16.5. The maximum Gasteiger partial charge on any atom is 0.222 e. The molecule has 2 rings (SSSR count). The lowest BCUT2D eigenvalue weighted by Crippen LogP contribution is -2.42. The number of ketones is 1. The van der Waals surface area contributed by atoms with Crippen molar-refractivity contribution in [2.45, 2.75) is 45.6 Å². The molecule has 0 aliphatic carbocycles. The van der Waals surface area contributed by atoms with E-state index in [1.54, 1.807) is 12.1 Å². The predicted octanol–water partition coefficient (Wildman–Crippen LogP) is 2.65. The van der Waals surface area contributed by atoms with E-state index in [0.29, 0.717) is 36.8 Å². The van der Waals surface area contributed by atoms with Crippen LogP contribution in [0.3, 0.4) is 0 Å². The molecule has 0 saturated carbocycles. The number of carbonyl (C=O) groups is 2. The van der Waals surface area contributed by atoms with Gasteiger partial charge in [0.2, 0.25) is 5.91 Å². The molecule has 1 N–H and O–H groups in total. The lowest BCUT2D eigenvalue weighted by atomic mass is 10.1. The van der Waals surface area contributed by atoms with Crippen LogP contribution >= 0.6 is 0 Å².